The second-order valence-corrected chi connectivity index (χ2v) is 5.12. The Labute approximate surface area is 93.1 Å². The average molecular weight is 247 g/mol. The van der Waals surface area contributed by atoms with Crippen molar-refractivity contribution in [3.63, 3.8) is 0 Å². The van der Waals surface area contributed by atoms with Gasteiger partial charge in [-0.2, -0.15) is 9.82 Å². The molecule has 0 aliphatic carbocycles. The molecule has 0 amide bonds. The zero-order valence-electron chi connectivity index (χ0n) is 9.13. The van der Waals surface area contributed by atoms with Gasteiger partial charge >= 0.3 is 5.97 Å². The SMILES string of the molecule is Cc1nn(C)cc1S(=O)(=O)N[C@H](C)C(=O)O. The maximum absolute atomic E-state index is 11.8. The Morgan fingerprint density at radius 2 is 2.19 bits per heavy atom. The normalized spacial score (nSPS) is 13.7. The zero-order chi connectivity index (χ0) is 12.5. The van der Waals surface area contributed by atoms with Crippen molar-refractivity contribution >= 4 is 16.0 Å². The number of aromatic nitrogens is 2. The second-order valence-electron chi connectivity index (χ2n) is 3.43. The van der Waals surface area contributed by atoms with Crippen LogP contribution in [-0.2, 0) is 21.9 Å². The van der Waals surface area contributed by atoms with Crippen LogP contribution in [0.2, 0.25) is 0 Å². The monoisotopic (exact) mass is 247 g/mol. The molecule has 90 valence electrons. The number of nitrogens with zero attached hydrogens (tertiary/aromatic N) is 2. The maximum Gasteiger partial charge on any atom is 0.321 e. The van der Waals surface area contributed by atoms with E-state index < -0.39 is 22.0 Å². The molecule has 0 fully saturated rings. The van der Waals surface area contributed by atoms with Gasteiger partial charge in [0.15, 0.2) is 0 Å². The van der Waals surface area contributed by atoms with Gasteiger partial charge in [0.2, 0.25) is 10.0 Å². The number of rotatable bonds is 4. The van der Waals surface area contributed by atoms with E-state index in [-0.39, 0.29) is 4.90 Å². The number of aliphatic carboxylic acids is 1. The molecule has 2 N–H and O–H groups in total. The van der Waals surface area contributed by atoms with Crippen LogP contribution in [0.3, 0.4) is 0 Å². The Kier molecular flexibility index (Phi) is 3.34. The summed E-state index contributed by atoms with van der Waals surface area (Å²) in [6.07, 6.45) is 1.33. The first-order valence-electron chi connectivity index (χ1n) is 4.49. The number of nitrogens with one attached hydrogen (secondary N) is 1. The van der Waals surface area contributed by atoms with Crippen molar-refractivity contribution in [2.75, 3.05) is 0 Å². The third-order valence-corrected chi connectivity index (χ3v) is 3.60. The summed E-state index contributed by atoms with van der Waals surface area (Å²) in [6, 6.07) is -1.18. The lowest BCUT2D eigenvalue weighted by atomic mass is 10.4. The fraction of sp³-hybridized carbons (Fsp3) is 0.500. The summed E-state index contributed by atoms with van der Waals surface area (Å²) in [6.45, 7) is 2.80. The van der Waals surface area contributed by atoms with Crippen molar-refractivity contribution < 1.29 is 18.3 Å². The second kappa shape index (κ2) is 4.22. The summed E-state index contributed by atoms with van der Waals surface area (Å²) in [7, 11) is -2.24. The average Bonchev–Trinajstić information content (AvgIpc) is 2.45. The zero-order valence-corrected chi connectivity index (χ0v) is 9.95. The molecule has 0 bridgehead atoms. The Balaban J connectivity index is 3.03. The molecule has 0 radical (unpaired) electrons. The number of aryl methyl sites for hydroxylation is 2. The highest BCUT2D eigenvalue weighted by Gasteiger charge is 2.24. The smallest absolute Gasteiger partial charge is 0.321 e. The molecule has 1 rings (SSSR count). The minimum atomic E-state index is -3.83. The lowest BCUT2D eigenvalue weighted by Gasteiger charge is -2.08. The number of hydrogen-bond donors (Lipinski definition) is 2. The highest BCUT2D eigenvalue weighted by Crippen LogP contribution is 2.12. The van der Waals surface area contributed by atoms with Crippen LogP contribution in [0, 0.1) is 6.92 Å². The number of carboxylic acid groups (broad SMARTS) is 1. The van der Waals surface area contributed by atoms with E-state index in [1.54, 1.807) is 14.0 Å². The van der Waals surface area contributed by atoms with Gasteiger partial charge in [-0.25, -0.2) is 8.42 Å². The van der Waals surface area contributed by atoms with Crippen LogP contribution in [0.15, 0.2) is 11.1 Å². The first-order chi connectivity index (χ1) is 7.24. The Bertz CT molecular complexity index is 505. The number of hydrogen-bond acceptors (Lipinski definition) is 4. The van der Waals surface area contributed by atoms with Gasteiger partial charge in [0.25, 0.3) is 0 Å². The van der Waals surface area contributed by atoms with Crippen LogP contribution in [0.25, 0.3) is 0 Å². The van der Waals surface area contributed by atoms with E-state index in [0.29, 0.717) is 5.69 Å². The lowest BCUT2D eigenvalue weighted by molar-refractivity contribution is -0.138. The fourth-order valence-electron chi connectivity index (χ4n) is 1.19. The van der Waals surface area contributed by atoms with Crippen LogP contribution < -0.4 is 4.72 Å². The van der Waals surface area contributed by atoms with E-state index in [9.17, 15) is 13.2 Å². The van der Waals surface area contributed by atoms with E-state index in [4.69, 9.17) is 5.11 Å². The molecule has 0 saturated heterocycles. The molecular weight excluding hydrogens is 234 g/mol. The first-order valence-corrected chi connectivity index (χ1v) is 5.97. The van der Waals surface area contributed by atoms with Gasteiger partial charge in [0.1, 0.15) is 10.9 Å². The molecule has 0 aliphatic heterocycles. The van der Waals surface area contributed by atoms with Gasteiger partial charge in [-0.3, -0.25) is 9.48 Å². The van der Waals surface area contributed by atoms with E-state index in [0.717, 1.165) is 0 Å². The van der Waals surface area contributed by atoms with E-state index in [1.165, 1.54) is 17.8 Å². The van der Waals surface area contributed by atoms with Crippen LogP contribution in [-0.4, -0.2) is 35.3 Å². The van der Waals surface area contributed by atoms with E-state index in [1.807, 2.05) is 4.72 Å². The van der Waals surface area contributed by atoms with Crippen LogP contribution in [0.5, 0.6) is 0 Å². The van der Waals surface area contributed by atoms with E-state index >= 15 is 0 Å². The molecule has 7 nitrogen and oxygen atoms in total. The van der Waals surface area contributed by atoms with Gasteiger partial charge in [-0.15, -0.1) is 0 Å². The Morgan fingerprint density at radius 3 is 2.56 bits per heavy atom. The molecule has 16 heavy (non-hydrogen) atoms. The summed E-state index contributed by atoms with van der Waals surface area (Å²) >= 11 is 0. The summed E-state index contributed by atoms with van der Waals surface area (Å²) in [4.78, 5) is 10.5. The molecular formula is C8H13N3O4S. The quantitative estimate of drug-likeness (QED) is 0.745. The molecule has 0 spiro atoms. The predicted octanol–water partition coefficient (Wildman–Crippen LogP) is -0.520. The van der Waals surface area contributed by atoms with Gasteiger partial charge in [-0.05, 0) is 13.8 Å². The van der Waals surface area contributed by atoms with Gasteiger partial charge in [0, 0.05) is 13.2 Å². The lowest BCUT2D eigenvalue weighted by Crippen LogP contribution is -2.38. The molecule has 0 unspecified atom stereocenters. The highest BCUT2D eigenvalue weighted by atomic mass is 32.2. The van der Waals surface area contributed by atoms with E-state index in [2.05, 4.69) is 5.10 Å². The largest absolute Gasteiger partial charge is 0.480 e. The molecule has 0 saturated carbocycles. The number of sulfonamides is 1. The Morgan fingerprint density at radius 1 is 1.62 bits per heavy atom. The minimum Gasteiger partial charge on any atom is -0.480 e. The molecule has 0 aromatic carbocycles. The van der Waals surface area contributed by atoms with Crippen molar-refractivity contribution in [2.24, 2.45) is 7.05 Å². The molecule has 1 atom stereocenters. The molecule has 1 aromatic heterocycles. The molecule has 1 aromatic rings. The minimum absolute atomic E-state index is 0.0110. The van der Waals surface area contributed by atoms with Crippen LogP contribution >= 0.6 is 0 Å². The third kappa shape index (κ3) is 2.58. The van der Waals surface area contributed by atoms with Crippen molar-refractivity contribution in [1.82, 2.24) is 14.5 Å². The Hall–Kier alpha value is -1.41. The van der Waals surface area contributed by atoms with Crippen molar-refractivity contribution in [1.29, 1.82) is 0 Å². The van der Waals surface area contributed by atoms with Crippen LogP contribution in [0.4, 0.5) is 0 Å². The predicted molar refractivity (Wildman–Crippen MR) is 55.4 cm³/mol. The third-order valence-electron chi connectivity index (χ3n) is 1.96. The molecule has 8 heteroatoms. The van der Waals surface area contributed by atoms with Gasteiger partial charge in [-0.1, -0.05) is 0 Å². The summed E-state index contributed by atoms with van der Waals surface area (Å²) in [5.41, 5.74) is 0.326. The highest BCUT2D eigenvalue weighted by molar-refractivity contribution is 7.89. The van der Waals surface area contributed by atoms with Crippen LogP contribution in [0.1, 0.15) is 12.6 Å². The van der Waals surface area contributed by atoms with Gasteiger partial charge < -0.3 is 5.11 Å². The molecule has 0 aliphatic rings. The topological polar surface area (TPSA) is 101 Å². The number of carbonyl (C=O) groups is 1. The maximum atomic E-state index is 11.8. The summed E-state index contributed by atoms with van der Waals surface area (Å²) in [5.74, 6) is -1.23. The fourth-order valence-corrected chi connectivity index (χ4v) is 2.60. The first kappa shape index (κ1) is 12.7. The van der Waals surface area contributed by atoms with Crippen molar-refractivity contribution in [3.8, 4) is 0 Å². The standard InChI is InChI=1S/C8H13N3O4S/c1-5-7(4-11(3)9-5)16(14,15)10-6(2)8(12)13/h4,6,10H,1-3H3,(H,12,13)/t6-/m1/s1. The van der Waals surface area contributed by atoms with Crippen molar-refractivity contribution in [3.05, 3.63) is 11.9 Å². The molecule has 1 heterocycles. The summed E-state index contributed by atoms with van der Waals surface area (Å²) < 4.78 is 26.9. The van der Waals surface area contributed by atoms with Gasteiger partial charge in [0.05, 0.1) is 5.69 Å². The number of carboxylic acids is 1. The summed E-state index contributed by atoms with van der Waals surface area (Å²) in [5, 5.41) is 12.5. The van der Waals surface area contributed by atoms with Crippen molar-refractivity contribution in [2.45, 2.75) is 24.8 Å².